The third-order valence-electron chi connectivity index (χ3n) is 3.75. The van der Waals surface area contributed by atoms with Gasteiger partial charge in [-0.25, -0.2) is 4.39 Å². The molecule has 0 saturated heterocycles. The van der Waals surface area contributed by atoms with Crippen LogP contribution in [-0.2, 0) is 6.54 Å². The van der Waals surface area contributed by atoms with Gasteiger partial charge in [-0.2, -0.15) is 0 Å². The summed E-state index contributed by atoms with van der Waals surface area (Å²) in [6.45, 7) is 7.26. The molecule has 0 radical (unpaired) electrons. The quantitative estimate of drug-likeness (QED) is 0.840. The van der Waals surface area contributed by atoms with E-state index >= 15 is 0 Å². The van der Waals surface area contributed by atoms with Gasteiger partial charge in [0.25, 0.3) is 0 Å². The summed E-state index contributed by atoms with van der Waals surface area (Å²) in [5, 5.41) is 3.48. The predicted octanol–water partition coefficient (Wildman–Crippen LogP) is 3.80. The van der Waals surface area contributed by atoms with Crippen LogP contribution in [0.15, 0.2) is 18.2 Å². The Hall–Kier alpha value is -0.890. The molecule has 1 nitrogen and oxygen atoms in total. The van der Waals surface area contributed by atoms with Gasteiger partial charge in [-0.05, 0) is 37.7 Å². The second-order valence-corrected chi connectivity index (χ2v) is 6.08. The average Bonchev–Trinajstić information content (AvgIpc) is 2.60. The molecule has 1 aromatic rings. The SMILES string of the molecule is Cc1ccc(F)c(CNC2CCC(C)(C)C2)c1. The van der Waals surface area contributed by atoms with Gasteiger partial charge in [0.05, 0.1) is 0 Å². The van der Waals surface area contributed by atoms with E-state index in [1.54, 1.807) is 6.07 Å². The summed E-state index contributed by atoms with van der Waals surface area (Å²) in [7, 11) is 0. The van der Waals surface area contributed by atoms with Crippen molar-refractivity contribution in [2.75, 3.05) is 0 Å². The van der Waals surface area contributed by atoms with Crippen LogP contribution in [-0.4, -0.2) is 6.04 Å². The van der Waals surface area contributed by atoms with Crippen molar-refractivity contribution in [1.82, 2.24) is 5.32 Å². The predicted molar refractivity (Wildman–Crippen MR) is 69.4 cm³/mol. The van der Waals surface area contributed by atoms with Crippen molar-refractivity contribution in [1.29, 1.82) is 0 Å². The van der Waals surface area contributed by atoms with Crippen LogP contribution in [0.25, 0.3) is 0 Å². The molecular formula is C15H22FN. The number of aryl methyl sites for hydroxylation is 1. The first-order valence-corrected chi connectivity index (χ1v) is 6.45. The molecule has 0 bridgehead atoms. The highest BCUT2D eigenvalue weighted by atomic mass is 19.1. The summed E-state index contributed by atoms with van der Waals surface area (Å²) < 4.78 is 13.6. The normalized spacial score (nSPS) is 22.9. The van der Waals surface area contributed by atoms with Gasteiger partial charge in [-0.15, -0.1) is 0 Å². The fourth-order valence-corrected chi connectivity index (χ4v) is 2.70. The van der Waals surface area contributed by atoms with E-state index in [2.05, 4.69) is 19.2 Å². The van der Waals surface area contributed by atoms with Crippen molar-refractivity contribution in [3.8, 4) is 0 Å². The third-order valence-corrected chi connectivity index (χ3v) is 3.75. The Balaban J connectivity index is 1.92. The van der Waals surface area contributed by atoms with Gasteiger partial charge in [0.1, 0.15) is 5.82 Å². The fraction of sp³-hybridized carbons (Fsp3) is 0.600. The Labute approximate surface area is 103 Å². The van der Waals surface area contributed by atoms with E-state index in [0.717, 1.165) is 11.1 Å². The van der Waals surface area contributed by atoms with Gasteiger partial charge in [0, 0.05) is 18.2 Å². The highest BCUT2D eigenvalue weighted by Crippen LogP contribution is 2.36. The molecule has 1 atom stereocenters. The van der Waals surface area contributed by atoms with Gasteiger partial charge in [-0.1, -0.05) is 31.5 Å². The number of halogens is 1. The molecule has 0 amide bonds. The fourth-order valence-electron chi connectivity index (χ4n) is 2.70. The van der Waals surface area contributed by atoms with Gasteiger partial charge in [0.2, 0.25) is 0 Å². The lowest BCUT2D eigenvalue weighted by molar-refractivity contribution is 0.363. The molecule has 1 unspecified atom stereocenters. The lowest BCUT2D eigenvalue weighted by atomic mass is 9.92. The molecule has 1 aliphatic carbocycles. The Kier molecular flexibility index (Phi) is 3.53. The number of rotatable bonds is 3. The van der Waals surface area contributed by atoms with E-state index in [0.29, 0.717) is 18.0 Å². The Bertz CT molecular complexity index is 398. The lowest BCUT2D eigenvalue weighted by Crippen LogP contribution is -2.27. The van der Waals surface area contributed by atoms with E-state index in [1.807, 2.05) is 19.1 Å². The minimum Gasteiger partial charge on any atom is -0.310 e. The largest absolute Gasteiger partial charge is 0.310 e. The monoisotopic (exact) mass is 235 g/mol. The van der Waals surface area contributed by atoms with Crippen LogP contribution in [0.1, 0.15) is 44.2 Å². The molecule has 94 valence electrons. The molecule has 0 spiro atoms. The summed E-state index contributed by atoms with van der Waals surface area (Å²) in [6, 6.07) is 5.86. The Morgan fingerprint density at radius 2 is 2.18 bits per heavy atom. The summed E-state index contributed by atoms with van der Waals surface area (Å²) in [5.41, 5.74) is 2.35. The molecule has 2 rings (SSSR count). The molecule has 1 saturated carbocycles. The van der Waals surface area contributed by atoms with E-state index in [9.17, 15) is 4.39 Å². The van der Waals surface area contributed by atoms with Crippen molar-refractivity contribution < 1.29 is 4.39 Å². The van der Waals surface area contributed by atoms with E-state index in [1.165, 1.54) is 19.3 Å². The number of hydrogen-bond donors (Lipinski definition) is 1. The van der Waals surface area contributed by atoms with Gasteiger partial charge >= 0.3 is 0 Å². The van der Waals surface area contributed by atoms with Crippen LogP contribution in [0.5, 0.6) is 0 Å². The number of hydrogen-bond acceptors (Lipinski definition) is 1. The molecule has 1 N–H and O–H groups in total. The maximum absolute atomic E-state index is 13.6. The third kappa shape index (κ3) is 3.29. The van der Waals surface area contributed by atoms with Crippen molar-refractivity contribution in [3.05, 3.63) is 35.1 Å². The minimum atomic E-state index is -0.0969. The Morgan fingerprint density at radius 1 is 1.41 bits per heavy atom. The lowest BCUT2D eigenvalue weighted by Gasteiger charge is -2.18. The summed E-state index contributed by atoms with van der Waals surface area (Å²) in [4.78, 5) is 0. The molecule has 0 aliphatic heterocycles. The molecule has 0 heterocycles. The van der Waals surface area contributed by atoms with E-state index in [-0.39, 0.29) is 5.82 Å². The first-order valence-electron chi connectivity index (χ1n) is 6.45. The van der Waals surface area contributed by atoms with Crippen LogP contribution in [0.3, 0.4) is 0 Å². The number of nitrogens with one attached hydrogen (secondary N) is 1. The molecule has 1 aromatic carbocycles. The van der Waals surface area contributed by atoms with Crippen molar-refractivity contribution in [2.24, 2.45) is 5.41 Å². The van der Waals surface area contributed by atoms with Crippen LogP contribution < -0.4 is 5.32 Å². The van der Waals surface area contributed by atoms with Gasteiger partial charge < -0.3 is 5.32 Å². The first-order chi connectivity index (χ1) is 7.96. The second kappa shape index (κ2) is 4.77. The minimum absolute atomic E-state index is 0.0969. The topological polar surface area (TPSA) is 12.0 Å². The van der Waals surface area contributed by atoms with Gasteiger partial charge in [-0.3, -0.25) is 0 Å². The summed E-state index contributed by atoms with van der Waals surface area (Å²) >= 11 is 0. The van der Waals surface area contributed by atoms with Crippen LogP contribution in [0.2, 0.25) is 0 Å². The Morgan fingerprint density at radius 3 is 2.82 bits per heavy atom. The standard InChI is InChI=1S/C15H22FN/c1-11-4-5-14(16)12(8-11)10-17-13-6-7-15(2,3)9-13/h4-5,8,13,17H,6-7,9-10H2,1-3H3. The highest BCUT2D eigenvalue weighted by molar-refractivity contribution is 5.24. The molecule has 17 heavy (non-hydrogen) atoms. The van der Waals surface area contributed by atoms with Crippen molar-refractivity contribution in [2.45, 2.75) is 52.6 Å². The first kappa shape index (κ1) is 12.6. The molecule has 1 fully saturated rings. The van der Waals surface area contributed by atoms with E-state index in [4.69, 9.17) is 0 Å². The smallest absolute Gasteiger partial charge is 0.127 e. The number of benzene rings is 1. The highest BCUT2D eigenvalue weighted by Gasteiger charge is 2.30. The second-order valence-electron chi connectivity index (χ2n) is 6.08. The molecule has 1 aliphatic rings. The molecule has 0 aromatic heterocycles. The van der Waals surface area contributed by atoms with Crippen LogP contribution in [0.4, 0.5) is 4.39 Å². The molecule has 2 heteroatoms. The van der Waals surface area contributed by atoms with Crippen molar-refractivity contribution in [3.63, 3.8) is 0 Å². The maximum atomic E-state index is 13.6. The zero-order chi connectivity index (χ0) is 12.5. The summed E-state index contributed by atoms with van der Waals surface area (Å²) in [6.07, 6.45) is 3.67. The van der Waals surface area contributed by atoms with Crippen LogP contribution >= 0.6 is 0 Å². The summed E-state index contributed by atoms with van der Waals surface area (Å²) in [5.74, 6) is -0.0969. The van der Waals surface area contributed by atoms with Crippen LogP contribution in [0, 0.1) is 18.2 Å². The molecular weight excluding hydrogens is 213 g/mol. The van der Waals surface area contributed by atoms with E-state index < -0.39 is 0 Å². The zero-order valence-corrected chi connectivity index (χ0v) is 11.0. The van der Waals surface area contributed by atoms with Crippen molar-refractivity contribution >= 4 is 0 Å². The maximum Gasteiger partial charge on any atom is 0.127 e. The van der Waals surface area contributed by atoms with Gasteiger partial charge in [0.15, 0.2) is 0 Å². The zero-order valence-electron chi connectivity index (χ0n) is 11.0. The average molecular weight is 235 g/mol.